The molecule has 6 heteroatoms. The summed E-state index contributed by atoms with van der Waals surface area (Å²) in [5.74, 6) is -0.0199. The molecule has 2 aromatic rings. The van der Waals surface area contributed by atoms with Crippen molar-refractivity contribution in [2.45, 2.75) is 57.6 Å². The summed E-state index contributed by atoms with van der Waals surface area (Å²) in [6.45, 7) is 7.23. The molecule has 3 heterocycles. The standard InChI is InChI=1S/C28H35N3O3/c1-27(2)18-28(26(33)34-27)13-6-14-31(19-28)22-11-15-30(16-12-22)25(32)23-17-21(9-10-24(23)29)20-7-4-3-5-8-20/h3-5,7-10,17,22H,6,11-16,18-19,29H2,1-2H3. The Morgan fingerprint density at radius 1 is 1.03 bits per heavy atom. The van der Waals surface area contributed by atoms with E-state index in [1.807, 2.05) is 67.3 Å². The summed E-state index contributed by atoms with van der Waals surface area (Å²) in [6, 6.07) is 16.2. The number of benzene rings is 2. The lowest BCUT2D eigenvalue weighted by molar-refractivity contribution is -0.154. The smallest absolute Gasteiger partial charge is 0.314 e. The summed E-state index contributed by atoms with van der Waals surface area (Å²) in [6.07, 6.45) is 4.56. The van der Waals surface area contributed by atoms with Crippen molar-refractivity contribution < 1.29 is 14.3 Å². The van der Waals surface area contributed by atoms with Crippen molar-refractivity contribution in [3.8, 4) is 11.1 Å². The first kappa shape index (κ1) is 22.9. The molecule has 1 spiro atoms. The molecule has 5 rings (SSSR count). The molecule has 3 aliphatic heterocycles. The summed E-state index contributed by atoms with van der Waals surface area (Å²) in [5, 5.41) is 0. The number of esters is 1. The van der Waals surface area contributed by atoms with Crippen LogP contribution in [-0.4, -0.2) is 59.5 Å². The van der Waals surface area contributed by atoms with Crippen LogP contribution in [0.5, 0.6) is 0 Å². The van der Waals surface area contributed by atoms with Gasteiger partial charge in [0.2, 0.25) is 0 Å². The van der Waals surface area contributed by atoms with Crippen molar-refractivity contribution in [1.82, 2.24) is 9.80 Å². The van der Waals surface area contributed by atoms with E-state index in [2.05, 4.69) is 4.90 Å². The molecule has 2 N–H and O–H groups in total. The summed E-state index contributed by atoms with van der Waals surface area (Å²) >= 11 is 0. The highest BCUT2D eigenvalue weighted by molar-refractivity contribution is 6.00. The van der Waals surface area contributed by atoms with E-state index in [-0.39, 0.29) is 22.9 Å². The quantitative estimate of drug-likeness (QED) is 0.543. The topological polar surface area (TPSA) is 75.9 Å². The number of hydrogen-bond acceptors (Lipinski definition) is 5. The second-order valence-electron chi connectivity index (χ2n) is 10.9. The zero-order chi connectivity index (χ0) is 23.9. The Morgan fingerprint density at radius 3 is 2.44 bits per heavy atom. The van der Waals surface area contributed by atoms with Gasteiger partial charge >= 0.3 is 5.97 Å². The number of nitrogens with two attached hydrogens (primary N) is 1. The zero-order valence-corrected chi connectivity index (χ0v) is 20.3. The minimum absolute atomic E-state index is 0.00460. The average Bonchev–Trinajstić information content (AvgIpc) is 3.06. The summed E-state index contributed by atoms with van der Waals surface area (Å²) in [5.41, 5.74) is 8.66. The zero-order valence-electron chi connectivity index (χ0n) is 20.3. The number of rotatable bonds is 3. The number of nitrogen functional groups attached to an aromatic ring is 1. The van der Waals surface area contributed by atoms with Crippen LogP contribution in [0.3, 0.4) is 0 Å². The van der Waals surface area contributed by atoms with Gasteiger partial charge in [-0.1, -0.05) is 36.4 Å². The number of carbonyl (C=O) groups excluding carboxylic acids is 2. The Hall–Kier alpha value is -2.86. The molecule has 3 saturated heterocycles. The molecule has 180 valence electrons. The van der Waals surface area contributed by atoms with E-state index < -0.39 is 0 Å². The van der Waals surface area contributed by atoms with E-state index in [1.54, 1.807) is 0 Å². The maximum atomic E-state index is 13.4. The molecule has 0 aliphatic carbocycles. The Balaban J connectivity index is 1.24. The molecule has 6 nitrogen and oxygen atoms in total. The fourth-order valence-corrected chi connectivity index (χ4v) is 6.23. The molecule has 0 aromatic heterocycles. The van der Waals surface area contributed by atoms with E-state index in [1.165, 1.54) is 0 Å². The van der Waals surface area contributed by atoms with Crippen molar-refractivity contribution in [1.29, 1.82) is 0 Å². The lowest BCUT2D eigenvalue weighted by atomic mass is 9.74. The van der Waals surface area contributed by atoms with Crippen LogP contribution < -0.4 is 5.73 Å². The van der Waals surface area contributed by atoms with Crippen molar-refractivity contribution >= 4 is 17.6 Å². The van der Waals surface area contributed by atoms with Gasteiger partial charge in [-0.25, -0.2) is 0 Å². The van der Waals surface area contributed by atoms with Gasteiger partial charge in [-0.05, 0) is 69.3 Å². The van der Waals surface area contributed by atoms with Gasteiger partial charge in [-0.2, -0.15) is 0 Å². The predicted octanol–water partition coefficient (Wildman–Crippen LogP) is 4.35. The first-order valence-corrected chi connectivity index (χ1v) is 12.5. The van der Waals surface area contributed by atoms with Crippen LogP contribution in [0.4, 0.5) is 5.69 Å². The Kier molecular flexibility index (Phi) is 5.88. The number of ether oxygens (including phenoxy) is 1. The van der Waals surface area contributed by atoms with Gasteiger partial charge < -0.3 is 15.4 Å². The molecular formula is C28H35N3O3. The van der Waals surface area contributed by atoms with Gasteiger partial charge in [0, 0.05) is 37.8 Å². The predicted molar refractivity (Wildman–Crippen MR) is 133 cm³/mol. The largest absolute Gasteiger partial charge is 0.459 e. The van der Waals surface area contributed by atoms with Crippen molar-refractivity contribution in [3.63, 3.8) is 0 Å². The van der Waals surface area contributed by atoms with E-state index in [0.29, 0.717) is 30.4 Å². The van der Waals surface area contributed by atoms with Crippen LogP contribution in [0.15, 0.2) is 48.5 Å². The van der Waals surface area contributed by atoms with Crippen LogP contribution in [-0.2, 0) is 9.53 Å². The maximum absolute atomic E-state index is 13.4. The van der Waals surface area contributed by atoms with Gasteiger partial charge in [0.1, 0.15) is 5.60 Å². The molecule has 34 heavy (non-hydrogen) atoms. The van der Waals surface area contributed by atoms with Gasteiger partial charge in [-0.15, -0.1) is 0 Å². The summed E-state index contributed by atoms with van der Waals surface area (Å²) < 4.78 is 5.70. The number of cyclic esters (lactones) is 1. The third-order valence-corrected chi connectivity index (χ3v) is 7.83. The fourth-order valence-electron chi connectivity index (χ4n) is 6.23. The van der Waals surface area contributed by atoms with Crippen LogP contribution in [0.25, 0.3) is 11.1 Å². The maximum Gasteiger partial charge on any atom is 0.314 e. The third-order valence-electron chi connectivity index (χ3n) is 7.83. The molecular weight excluding hydrogens is 426 g/mol. The molecule has 1 atom stereocenters. The monoisotopic (exact) mass is 461 g/mol. The van der Waals surface area contributed by atoms with E-state index >= 15 is 0 Å². The van der Waals surface area contributed by atoms with Crippen LogP contribution in [0, 0.1) is 5.41 Å². The van der Waals surface area contributed by atoms with Gasteiger partial charge in [-0.3, -0.25) is 14.5 Å². The highest BCUT2D eigenvalue weighted by Gasteiger charge is 2.54. The second kappa shape index (κ2) is 8.73. The molecule has 3 aliphatic rings. The third kappa shape index (κ3) is 4.31. The number of likely N-dealkylation sites (tertiary alicyclic amines) is 2. The molecule has 1 unspecified atom stereocenters. The first-order chi connectivity index (χ1) is 16.3. The van der Waals surface area contributed by atoms with Gasteiger partial charge in [0.15, 0.2) is 0 Å². The molecule has 3 fully saturated rings. The number of hydrogen-bond donors (Lipinski definition) is 1. The Bertz CT molecular complexity index is 1080. The number of anilines is 1. The van der Waals surface area contributed by atoms with E-state index in [4.69, 9.17) is 10.5 Å². The second-order valence-corrected chi connectivity index (χ2v) is 10.9. The van der Waals surface area contributed by atoms with E-state index in [0.717, 1.165) is 56.3 Å². The highest BCUT2D eigenvalue weighted by Crippen LogP contribution is 2.46. The van der Waals surface area contributed by atoms with Gasteiger partial charge in [0.05, 0.1) is 11.0 Å². The minimum Gasteiger partial charge on any atom is -0.459 e. The first-order valence-electron chi connectivity index (χ1n) is 12.5. The fraction of sp³-hybridized carbons (Fsp3) is 0.500. The summed E-state index contributed by atoms with van der Waals surface area (Å²) in [7, 11) is 0. The normalized spacial score (nSPS) is 25.5. The Labute approximate surface area is 202 Å². The number of amides is 1. The molecule has 0 saturated carbocycles. The van der Waals surface area contributed by atoms with Gasteiger partial charge in [0.25, 0.3) is 5.91 Å². The minimum atomic E-state index is -0.371. The molecule has 0 bridgehead atoms. The van der Waals surface area contributed by atoms with Crippen LogP contribution in [0.1, 0.15) is 56.3 Å². The number of piperidine rings is 2. The van der Waals surface area contributed by atoms with Crippen molar-refractivity contribution in [2.75, 3.05) is 31.9 Å². The number of carbonyl (C=O) groups is 2. The van der Waals surface area contributed by atoms with E-state index in [9.17, 15) is 9.59 Å². The number of nitrogens with zero attached hydrogens (tertiary/aromatic N) is 2. The molecule has 0 radical (unpaired) electrons. The molecule has 1 amide bonds. The lowest BCUT2D eigenvalue weighted by Gasteiger charge is -2.44. The van der Waals surface area contributed by atoms with Crippen molar-refractivity contribution in [2.24, 2.45) is 5.41 Å². The molecule has 2 aromatic carbocycles. The SMILES string of the molecule is CC1(C)CC2(CCCN(C3CCN(C(=O)c4cc(-c5ccccc5)ccc4N)CC3)C2)C(=O)O1. The average molecular weight is 462 g/mol. The van der Waals surface area contributed by atoms with Crippen LogP contribution in [0.2, 0.25) is 0 Å². The highest BCUT2D eigenvalue weighted by atomic mass is 16.6. The van der Waals surface area contributed by atoms with Crippen LogP contribution >= 0.6 is 0 Å². The Morgan fingerprint density at radius 2 is 1.76 bits per heavy atom. The lowest BCUT2D eigenvalue weighted by Crippen LogP contribution is -2.53. The summed E-state index contributed by atoms with van der Waals surface area (Å²) in [4.78, 5) is 30.5. The van der Waals surface area contributed by atoms with Crippen molar-refractivity contribution in [3.05, 3.63) is 54.1 Å².